The molecule has 0 unspecified atom stereocenters. The summed E-state index contributed by atoms with van der Waals surface area (Å²) in [5, 5.41) is 0. The van der Waals surface area contributed by atoms with Crippen LogP contribution in [0.5, 0.6) is 0 Å². The Labute approximate surface area is 69.9 Å². The summed E-state index contributed by atoms with van der Waals surface area (Å²) in [6.45, 7) is 9.56. The van der Waals surface area contributed by atoms with Gasteiger partial charge in [0.1, 0.15) is 6.79 Å². The summed E-state index contributed by atoms with van der Waals surface area (Å²) in [5.41, 5.74) is -0.0340. The minimum atomic E-state index is -0.0340. The average molecular weight is 160 g/mol. The topological polar surface area (TPSA) is 18.5 Å². The van der Waals surface area contributed by atoms with Crippen LogP contribution in [0.4, 0.5) is 0 Å². The van der Waals surface area contributed by atoms with Crippen LogP contribution in [0.3, 0.4) is 0 Å². The van der Waals surface area contributed by atoms with Crippen molar-refractivity contribution < 1.29 is 9.47 Å². The molecule has 2 nitrogen and oxygen atoms in total. The fraction of sp³-hybridized carbons (Fsp3) is 1.00. The first-order valence-electron chi connectivity index (χ1n) is 4.34. The zero-order chi connectivity index (χ0) is 8.74. The van der Waals surface area contributed by atoms with Crippen molar-refractivity contribution in [3.05, 3.63) is 0 Å². The maximum absolute atomic E-state index is 5.46. The van der Waals surface area contributed by atoms with Gasteiger partial charge >= 0.3 is 0 Å². The van der Waals surface area contributed by atoms with Gasteiger partial charge in [-0.15, -0.1) is 0 Å². The van der Waals surface area contributed by atoms with Crippen molar-refractivity contribution >= 4 is 0 Å². The summed E-state index contributed by atoms with van der Waals surface area (Å²) < 4.78 is 10.7. The van der Waals surface area contributed by atoms with Gasteiger partial charge in [-0.2, -0.15) is 0 Å². The van der Waals surface area contributed by atoms with Crippen molar-refractivity contribution in [3.63, 3.8) is 0 Å². The molecule has 0 aliphatic rings. The van der Waals surface area contributed by atoms with Crippen molar-refractivity contribution in [3.8, 4) is 0 Å². The highest BCUT2D eigenvalue weighted by Gasteiger charge is 2.14. The van der Waals surface area contributed by atoms with Crippen LogP contribution >= 0.6 is 0 Å². The first kappa shape index (κ1) is 10.9. The van der Waals surface area contributed by atoms with Crippen LogP contribution in [-0.4, -0.2) is 19.0 Å². The van der Waals surface area contributed by atoms with E-state index in [1.807, 2.05) is 0 Å². The number of rotatable bonds is 6. The fourth-order valence-corrected chi connectivity index (χ4v) is 0.507. The lowest BCUT2D eigenvalue weighted by Gasteiger charge is -2.22. The second-order valence-corrected chi connectivity index (χ2v) is 3.28. The normalized spacial score (nSPS) is 12.0. The highest BCUT2D eigenvalue weighted by Crippen LogP contribution is 2.12. The molecule has 0 N–H and O–H groups in total. The van der Waals surface area contributed by atoms with Crippen molar-refractivity contribution in [2.75, 3.05) is 13.4 Å². The third-order valence-electron chi connectivity index (χ3n) is 1.73. The van der Waals surface area contributed by atoms with Crippen LogP contribution in [-0.2, 0) is 9.47 Å². The van der Waals surface area contributed by atoms with Crippen molar-refractivity contribution in [1.82, 2.24) is 0 Å². The Hall–Kier alpha value is -0.0800. The van der Waals surface area contributed by atoms with E-state index in [0.717, 1.165) is 19.4 Å². The molecule has 0 amide bonds. The van der Waals surface area contributed by atoms with Gasteiger partial charge in [-0.05, 0) is 26.7 Å². The van der Waals surface area contributed by atoms with Gasteiger partial charge in [-0.1, -0.05) is 13.8 Å². The Kier molecular flexibility index (Phi) is 5.51. The van der Waals surface area contributed by atoms with Crippen LogP contribution in [0.25, 0.3) is 0 Å². The molecule has 0 radical (unpaired) electrons. The van der Waals surface area contributed by atoms with Crippen molar-refractivity contribution in [2.24, 2.45) is 0 Å². The molecule has 0 fully saturated rings. The van der Waals surface area contributed by atoms with E-state index >= 15 is 0 Å². The summed E-state index contributed by atoms with van der Waals surface area (Å²) in [4.78, 5) is 0. The van der Waals surface area contributed by atoms with E-state index in [2.05, 4.69) is 27.7 Å². The van der Waals surface area contributed by atoms with Gasteiger partial charge in [0.15, 0.2) is 0 Å². The lowest BCUT2D eigenvalue weighted by Crippen LogP contribution is -2.24. The van der Waals surface area contributed by atoms with Crippen LogP contribution in [0.1, 0.15) is 40.5 Å². The van der Waals surface area contributed by atoms with Gasteiger partial charge in [0.2, 0.25) is 0 Å². The maximum Gasteiger partial charge on any atom is 0.147 e. The van der Waals surface area contributed by atoms with Gasteiger partial charge in [-0.25, -0.2) is 0 Å². The summed E-state index contributed by atoms with van der Waals surface area (Å²) in [7, 11) is 0. The second kappa shape index (κ2) is 5.56. The molecule has 2 heteroatoms. The largest absolute Gasteiger partial charge is 0.355 e. The van der Waals surface area contributed by atoms with E-state index in [4.69, 9.17) is 9.47 Å². The quantitative estimate of drug-likeness (QED) is 0.439. The molecular formula is C9H20O2. The van der Waals surface area contributed by atoms with Gasteiger partial charge in [0.25, 0.3) is 0 Å². The molecule has 11 heavy (non-hydrogen) atoms. The average Bonchev–Trinajstić information content (AvgIpc) is 1.99. The zero-order valence-electron chi connectivity index (χ0n) is 8.14. The molecule has 0 saturated heterocycles. The number of hydrogen-bond acceptors (Lipinski definition) is 2. The molecule has 0 aromatic heterocycles. The molecule has 0 saturated carbocycles. The molecule has 68 valence electrons. The van der Waals surface area contributed by atoms with E-state index in [0.29, 0.717) is 6.79 Å². The van der Waals surface area contributed by atoms with Crippen molar-refractivity contribution in [2.45, 2.75) is 46.1 Å². The lowest BCUT2D eigenvalue weighted by molar-refractivity contribution is -0.128. The predicted molar refractivity (Wildman–Crippen MR) is 46.6 cm³/mol. The van der Waals surface area contributed by atoms with E-state index in [9.17, 15) is 0 Å². The summed E-state index contributed by atoms with van der Waals surface area (Å²) in [6.07, 6.45) is 2.07. The minimum absolute atomic E-state index is 0.0340. The molecule has 0 heterocycles. The Morgan fingerprint density at radius 1 is 1.18 bits per heavy atom. The monoisotopic (exact) mass is 160 g/mol. The first-order chi connectivity index (χ1) is 5.12. The number of hydrogen-bond donors (Lipinski definition) is 0. The highest BCUT2D eigenvalue weighted by atomic mass is 16.7. The number of ether oxygens (including phenoxy) is 2. The molecule has 0 rings (SSSR count). The summed E-state index contributed by atoms with van der Waals surface area (Å²) >= 11 is 0. The van der Waals surface area contributed by atoms with Gasteiger partial charge in [0.05, 0.1) is 5.60 Å². The van der Waals surface area contributed by atoms with E-state index in [1.54, 1.807) is 0 Å². The van der Waals surface area contributed by atoms with Crippen molar-refractivity contribution in [1.29, 1.82) is 0 Å². The van der Waals surface area contributed by atoms with Crippen LogP contribution in [0.15, 0.2) is 0 Å². The molecule has 0 bridgehead atoms. The van der Waals surface area contributed by atoms with Crippen LogP contribution < -0.4 is 0 Å². The molecule has 0 aromatic rings. The lowest BCUT2D eigenvalue weighted by atomic mass is 10.1. The zero-order valence-corrected chi connectivity index (χ0v) is 8.14. The Balaban J connectivity index is 3.23. The standard InChI is InChI=1S/C9H20O2/c1-5-7-10-8-11-9(3,4)6-2/h5-8H2,1-4H3. The minimum Gasteiger partial charge on any atom is -0.355 e. The van der Waals surface area contributed by atoms with E-state index in [-0.39, 0.29) is 5.60 Å². The molecule has 0 aromatic carbocycles. The SMILES string of the molecule is CCCOCOC(C)(C)CC. The Morgan fingerprint density at radius 3 is 2.27 bits per heavy atom. The van der Waals surface area contributed by atoms with Crippen LogP contribution in [0, 0.1) is 0 Å². The Morgan fingerprint density at radius 2 is 1.82 bits per heavy atom. The smallest absolute Gasteiger partial charge is 0.147 e. The third kappa shape index (κ3) is 6.32. The Bertz CT molecular complexity index is 89.6. The van der Waals surface area contributed by atoms with Gasteiger partial charge < -0.3 is 9.47 Å². The summed E-state index contributed by atoms with van der Waals surface area (Å²) in [5.74, 6) is 0. The van der Waals surface area contributed by atoms with E-state index in [1.165, 1.54) is 0 Å². The van der Waals surface area contributed by atoms with Gasteiger partial charge in [-0.3, -0.25) is 0 Å². The van der Waals surface area contributed by atoms with E-state index < -0.39 is 0 Å². The maximum atomic E-state index is 5.46. The molecule has 0 aliphatic carbocycles. The first-order valence-corrected chi connectivity index (χ1v) is 4.34. The second-order valence-electron chi connectivity index (χ2n) is 3.28. The predicted octanol–water partition coefficient (Wildman–Crippen LogP) is 2.58. The molecule has 0 aliphatic heterocycles. The third-order valence-corrected chi connectivity index (χ3v) is 1.73. The highest BCUT2D eigenvalue weighted by molar-refractivity contribution is 4.63. The fourth-order valence-electron chi connectivity index (χ4n) is 0.507. The van der Waals surface area contributed by atoms with Crippen LogP contribution in [0.2, 0.25) is 0 Å². The van der Waals surface area contributed by atoms with Gasteiger partial charge in [0, 0.05) is 6.61 Å². The summed E-state index contributed by atoms with van der Waals surface area (Å²) in [6, 6.07) is 0. The molecule has 0 spiro atoms. The molecular weight excluding hydrogens is 140 g/mol. The molecule has 0 atom stereocenters.